The summed E-state index contributed by atoms with van der Waals surface area (Å²) in [6, 6.07) is 13.7. The van der Waals surface area contributed by atoms with Gasteiger partial charge in [0.1, 0.15) is 5.82 Å². The Morgan fingerprint density at radius 1 is 1.21 bits per heavy atom. The highest BCUT2D eigenvalue weighted by Gasteiger charge is 2.27. The Balaban J connectivity index is 1.30. The smallest absolute Gasteiger partial charge is 0.224 e. The number of aliphatic imine (C=N–C) groups is 1. The fraction of sp³-hybridized carbons (Fsp3) is 0.467. The summed E-state index contributed by atoms with van der Waals surface area (Å²) in [5, 5.41) is 27.0. The van der Waals surface area contributed by atoms with Crippen LogP contribution in [0.5, 0.6) is 0 Å². The van der Waals surface area contributed by atoms with Crippen molar-refractivity contribution in [1.29, 1.82) is 5.26 Å². The number of amides is 1. The van der Waals surface area contributed by atoms with Crippen LogP contribution >= 0.6 is 0 Å². The van der Waals surface area contributed by atoms with Crippen molar-refractivity contribution in [2.45, 2.75) is 31.7 Å². The number of halogens is 1. The molecule has 0 unspecified atom stereocenters. The third-order valence-electron chi connectivity index (χ3n) is 7.78. The molecule has 1 amide bonds. The zero-order valence-corrected chi connectivity index (χ0v) is 24.3. The summed E-state index contributed by atoms with van der Waals surface area (Å²) in [5.41, 5.74) is 2.57. The number of morpholine rings is 1. The van der Waals surface area contributed by atoms with E-state index in [1.807, 2.05) is 47.5 Å². The van der Waals surface area contributed by atoms with Gasteiger partial charge in [-0.1, -0.05) is 24.3 Å². The molecule has 5 rings (SSSR count). The van der Waals surface area contributed by atoms with Crippen LogP contribution in [0.4, 0.5) is 10.1 Å². The highest BCUT2D eigenvalue weighted by molar-refractivity contribution is 5.95. The number of carbonyl (C=O) groups is 1. The number of nitrogens with one attached hydrogen (secondary N) is 2. The minimum atomic E-state index is -0.391. The molecule has 43 heavy (non-hydrogen) atoms. The second kappa shape index (κ2) is 14.7. The van der Waals surface area contributed by atoms with E-state index in [1.165, 1.54) is 12.1 Å². The Bertz CT molecular complexity index is 1430. The Hall–Kier alpha value is -4.41. The molecule has 12 nitrogen and oxygen atoms in total. The van der Waals surface area contributed by atoms with Crippen molar-refractivity contribution in [2.24, 2.45) is 18.0 Å². The average Bonchev–Trinajstić information content (AvgIpc) is 3.45. The minimum absolute atomic E-state index is 0.0407. The first-order valence-electron chi connectivity index (χ1n) is 14.6. The van der Waals surface area contributed by atoms with Crippen molar-refractivity contribution in [2.75, 3.05) is 51.3 Å². The number of carbonyl (C=O) groups excluding carboxylic acids is 1. The molecule has 0 bridgehead atoms. The van der Waals surface area contributed by atoms with E-state index in [0.717, 1.165) is 43.5 Å². The van der Waals surface area contributed by atoms with E-state index in [9.17, 15) is 14.4 Å². The lowest BCUT2D eigenvalue weighted by molar-refractivity contribution is -0.133. The molecule has 3 heterocycles. The van der Waals surface area contributed by atoms with Gasteiger partial charge < -0.3 is 15.0 Å². The molecule has 0 radical (unpaired) electrons. The van der Waals surface area contributed by atoms with E-state index in [-0.39, 0.29) is 24.1 Å². The highest BCUT2D eigenvalue weighted by Crippen LogP contribution is 2.23. The molecule has 2 fully saturated rings. The summed E-state index contributed by atoms with van der Waals surface area (Å²) in [4.78, 5) is 22.7. The Morgan fingerprint density at radius 2 is 2.02 bits per heavy atom. The molecule has 226 valence electrons. The minimum Gasteiger partial charge on any atom is -0.379 e. The van der Waals surface area contributed by atoms with Crippen molar-refractivity contribution in [3.63, 3.8) is 0 Å². The number of hydrogen-bond acceptors (Lipinski definition) is 8. The monoisotopic (exact) mass is 588 g/mol. The van der Waals surface area contributed by atoms with Crippen molar-refractivity contribution < 1.29 is 13.9 Å². The van der Waals surface area contributed by atoms with Crippen LogP contribution in [0.3, 0.4) is 0 Å². The van der Waals surface area contributed by atoms with E-state index < -0.39 is 6.04 Å². The van der Waals surface area contributed by atoms with E-state index in [2.05, 4.69) is 31.1 Å². The molecule has 1 aromatic heterocycles. The van der Waals surface area contributed by atoms with Gasteiger partial charge in [0.25, 0.3) is 0 Å². The first-order valence-corrected chi connectivity index (χ1v) is 14.6. The van der Waals surface area contributed by atoms with Gasteiger partial charge >= 0.3 is 0 Å². The van der Waals surface area contributed by atoms with Crippen LogP contribution in [0.1, 0.15) is 24.8 Å². The summed E-state index contributed by atoms with van der Waals surface area (Å²) in [6.45, 7) is 4.70. The Morgan fingerprint density at radius 3 is 2.77 bits per heavy atom. The van der Waals surface area contributed by atoms with E-state index >= 15 is 0 Å². The second-order valence-electron chi connectivity index (χ2n) is 11.0. The Kier molecular flexibility index (Phi) is 10.2. The van der Waals surface area contributed by atoms with Crippen LogP contribution in [-0.4, -0.2) is 93.9 Å². The number of tetrazole rings is 1. The van der Waals surface area contributed by atoms with Crippen LogP contribution in [0.15, 0.2) is 53.5 Å². The third-order valence-corrected chi connectivity index (χ3v) is 7.78. The number of likely N-dealkylation sites (tertiary alicyclic amines) is 1. The van der Waals surface area contributed by atoms with Gasteiger partial charge in [-0.2, -0.15) is 5.26 Å². The number of ether oxygens (including phenoxy) is 1. The van der Waals surface area contributed by atoms with Crippen molar-refractivity contribution in [3.05, 3.63) is 59.9 Å². The SMILES string of the molecule is Cn1nnnc1-c1cccc(NC(=N[C@@H](CC(=O)N2CCC[C@@H](Cc3ccc(F)cc3)C2)CN2CCOCC2)NC#N)c1. The summed E-state index contributed by atoms with van der Waals surface area (Å²) in [6.07, 6.45) is 4.94. The number of rotatable bonds is 9. The Labute approximate surface area is 250 Å². The normalized spacial score (nSPS) is 18.6. The maximum absolute atomic E-state index is 13.6. The van der Waals surface area contributed by atoms with E-state index in [1.54, 1.807) is 11.7 Å². The molecule has 2 saturated heterocycles. The van der Waals surface area contributed by atoms with Gasteiger partial charge in [-0.05, 0) is 65.4 Å². The molecule has 2 aliphatic heterocycles. The largest absolute Gasteiger partial charge is 0.379 e. The summed E-state index contributed by atoms with van der Waals surface area (Å²) < 4.78 is 20.5. The fourth-order valence-electron chi connectivity index (χ4n) is 5.65. The number of aryl methyl sites for hydroxylation is 1. The first-order chi connectivity index (χ1) is 21.0. The topological polar surface area (TPSA) is 137 Å². The van der Waals surface area contributed by atoms with Gasteiger partial charge in [0.05, 0.1) is 25.7 Å². The van der Waals surface area contributed by atoms with Crippen LogP contribution < -0.4 is 10.6 Å². The van der Waals surface area contributed by atoms with Crippen LogP contribution in [0, 0.1) is 23.2 Å². The number of guanidine groups is 1. The lowest BCUT2D eigenvalue weighted by atomic mass is 9.91. The number of aromatic nitrogens is 4. The van der Waals surface area contributed by atoms with Gasteiger partial charge in [-0.15, -0.1) is 5.10 Å². The highest BCUT2D eigenvalue weighted by atomic mass is 19.1. The maximum atomic E-state index is 13.6. The lowest BCUT2D eigenvalue weighted by Crippen LogP contribution is -2.45. The molecular formula is C30H37FN10O2. The van der Waals surface area contributed by atoms with Gasteiger partial charge in [0.15, 0.2) is 12.0 Å². The molecule has 2 aromatic carbocycles. The summed E-state index contributed by atoms with van der Waals surface area (Å²) in [5.74, 6) is 0.975. The number of piperidine rings is 1. The van der Waals surface area contributed by atoms with Crippen molar-refractivity contribution >= 4 is 17.6 Å². The van der Waals surface area contributed by atoms with Crippen molar-refractivity contribution in [3.8, 4) is 17.6 Å². The standard InChI is InChI=1S/C30H37FN10O2/c1-39-29(36-37-38-39)24-5-2-6-26(17-24)34-30(33-21-32)35-27(20-40-12-14-43-15-13-40)18-28(42)41-11-3-4-23(19-41)16-22-7-9-25(31)10-8-22/h2,5-10,17,23,27H,3-4,11-16,18-20H2,1H3,(H2,33,34,35)/t23-,27-/m0/s1. The number of nitrogens with zero attached hydrogens (tertiary/aromatic N) is 8. The fourth-order valence-corrected chi connectivity index (χ4v) is 5.65. The quantitative estimate of drug-likeness (QED) is 0.167. The zero-order chi connectivity index (χ0) is 30.0. The zero-order valence-electron chi connectivity index (χ0n) is 24.3. The van der Waals surface area contributed by atoms with Crippen LogP contribution in [0.25, 0.3) is 11.4 Å². The first kappa shape index (κ1) is 30.1. The molecular weight excluding hydrogens is 551 g/mol. The molecule has 2 aliphatic rings. The molecule has 0 aliphatic carbocycles. The molecule has 0 saturated carbocycles. The number of nitriles is 1. The van der Waals surface area contributed by atoms with Gasteiger partial charge in [0.2, 0.25) is 11.9 Å². The van der Waals surface area contributed by atoms with Gasteiger partial charge in [0, 0.05) is 51.0 Å². The maximum Gasteiger partial charge on any atom is 0.224 e. The molecule has 0 spiro atoms. The van der Waals surface area contributed by atoms with Crippen molar-refractivity contribution in [1.82, 2.24) is 35.3 Å². The van der Waals surface area contributed by atoms with E-state index in [4.69, 9.17) is 9.73 Å². The predicted molar refractivity (Wildman–Crippen MR) is 159 cm³/mol. The average molecular weight is 589 g/mol. The number of hydrogen-bond donors (Lipinski definition) is 2. The van der Waals surface area contributed by atoms with Crippen LogP contribution in [0.2, 0.25) is 0 Å². The molecule has 2 atom stereocenters. The third kappa shape index (κ3) is 8.56. The van der Waals surface area contributed by atoms with E-state index in [0.29, 0.717) is 50.3 Å². The molecule has 2 N–H and O–H groups in total. The van der Waals surface area contributed by atoms with Gasteiger partial charge in [-0.25, -0.2) is 14.1 Å². The lowest BCUT2D eigenvalue weighted by Gasteiger charge is -2.34. The summed E-state index contributed by atoms with van der Waals surface area (Å²) in [7, 11) is 1.76. The number of anilines is 1. The second-order valence-corrected chi connectivity index (χ2v) is 11.0. The predicted octanol–water partition coefficient (Wildman–Crippen LogP) is 2.43. The number of benzene rings is 2. The molecule has 13 heteroatoms. The van der Waals surface area contributed by atoms with Gasteiger partial charge in [-0.3, -0.25) is 15.0 Å². The van der Waals surface area contributed by atoms with Crippen LogP contribution in [-0.2, 0) is 23.0 Å². The molecule has 3 aromatic rings. The summed E-state index contributed by atoms with van der Waals surface area (Å²) >= 11 is 0.